The third-order valence-corrected chi connectivity index (χ3v) is 7.63. The maximum absolute atomic E-state index is 13.0. The van der Waals surface area contributed by atoms with Gasteiger partial charge in [-0.25, -0.2) is 8.42 Å². The van der Waals surface area contributed by atoms with Gasteiger partial charge in [0.2, 0.25) is 10.0 Å². The highest BCUT2D eigenvalue weighted by Crippen LogP contribution is 2.37. The van der Waals surface area contributed by atoms with Crippen LogP contribution >= 0.6 is 11.3 Å². The zero-order chi connectivity index (χ0) is 15.8. The van der Waals surface area contributed by atoms with E-state index >= 15 is 0 Å². The molecular weight excluding hydrogens is 304 g/mol. The number of hydrogen-bond acceptors (Lipinski definition) is 4. The summed E-state index contributed by atoms with van der Waals surface area (Å²) in [5.41, 5.74) is 1.02. The molecule has 1 N–H and O–H groups in total. The molecular formula is C15H26N2O2S2. The predicted octanol–water partition coefficient (Wildman–Crippen LogP) is 2.83. The molecule has 0 radical (unpaired) electrons. The second kappa shape index (κ2) is 5.99. The van der Waals surface area contributed by atoms with Crippen molar-refractivity contribution in [3.05, 3.63) is 15.8 Å². The van der Waals surface area contributed by atoms with Crippen molar-refractivity contribution in [2.75, 3.05) is 20.1 Å². The molecule has 0 spiro atoms. The zero-order valence-corrected chi connectivity index (χ0v) is 15.2. The summed E-state index contributed by atoms with van der Waals surface area (Å²) in [4.78, 5) is 1.44. The average Bonchev–Trinajstić information content (AvgIpc) is 2.96. The van der Waals surface area contributed by atoms with Gasteiger partial charge in [0.25, 0.3) is 0 Å². The topological polar surface area (TPSA) is 49.4 Å². The monoisotopic (exact) mass is 330 g/mol. The molecule has 2 rings (SSSR count). The Hall–Kier alpha value is -0.430. The summed E-state index contributed by atoms with van der Waals surface area (Å²) in [6.07, 6.45) is 0.952. The average molecular weight is 331 g/mol. The molecule has 1 saturated heterocycles. The fourth-order valence-corrected chi connectivity index (χ4v) is 6.17. The van der Waals surface area contributed by atoms with Crippen molar-refractivity contribution >= 4 is 21.4 Å². The Kier molecular flexibility index (Phi) is 4.83. The van der Waals surface area contributed by atoms with Crippen LogP contribution in [-0.4, -0.2) is 32.9 Å². The molecule has 120 valence electrons. The van der Waals surface area contributed by atoms with Crippen LogP contribution in [0.15, 0.2) is 10.3 Å². The lowest BCUT2D eigenvalue weighted by Crippen LogP contribution is -2.32. The number of aryl methyl sites for hydroxylation is 1. The van der Waals surface area contributed by atoms with Crippen LogP contribution in [0, 0.1) is 18.3 Å². The number of sulfonamides is 1. The molecule has 0 bridgehead atoms. The highest BCUT2D eigenvalue weighted by Gasteiger charge is 2.39. The van der Waals surface area contributed by atoms with E-state index in [0.717, 1.165) is 16.9 Å². The third-order valence-electron chi connectivity index (χ3n) is 4.30. The van der Waals surface area contributed by atoms with Crippen LogP contribution in [-0.2, 0) is 16.6 Å². The SMILES string of the molecule is CNCc1scc(C)c1S(=O)(=O)N1CCC(C(C)(C)C)C1. The minimum atomic E-state index is -3.37. The van der Waals surface area contributed by atoms with Crippen molar-refractivity contribution < 1.29 is 8.42 Å². The van der Waals surface area contributed by atoms with Crippen molar-refractivity contribution in [2.45, 2.75) is 45.6 Å². The van der Waals surface area contributed by atoms with Crippen molar-refractivity contribution in [3.63, 3.8) is 0 Å². The van der Waals surface area contributed by atoms with Gasteiger partial charge in [0, 0.05) is 24.5 Å². The Morgan fingerprint density at radius 1 is 1.43 bits per heavy atom. The lowest BCUT2D eigenvalue weighted by atomic mass is 9.80. The van der Waals surface area contributed by atoms with E-state index in [9.17, 15) is 8.42 Å². The fourth-order valence-electron chi connectivity index (χ4n) is 2.90. The Bertz CT molecular complexity index is 600. The van der Waals surface area contributed by atoms with E-state index in [1.165, 1.54) is 11.3 Å². The Labute approximate surface area is 132 Å². The first-order valence-electron chi connectivity index (χ1n) is 7.39. The maximum atomic E-state index is 13.0. The minimum Gasteiger partial charge on any atom is -0.315 e. The van der Waals surface area contributed by atoms with Gasteiger partial charge in [0.1, 0.15) is 4.90 Å². The number of hydrogen-bond donors (Lipinski definition) is 1. The van der Waals surface area contributed by atoms with Crippen LogP contribution in [0.4, 0.5) is 0 Å². The lowest BCUT2D eigenvalue weighted by molar-refractivity contribution is 0.252. The first-order valence-corrected chi connectivity index (χ1v) is 9.71. The summed E-state index contributed by atoms with van der Waals surface area (Å²) in [6, 6.07) is 0. The smallest absolute Gasteiger partial charge is 0.244 e. The fraction of sp³-hybridized carbons (Fsp3) is 0.733. The van der Waals surface area contributed by atoms with Crippen LogP contribution in [0.5, 0.6) is 0 Å². The molecule has 1 fully saturated rings. The van der Waals surface area contributed by atoms with Crippen molar-refractivity contribution in [1.29, 1.82) is 0 Å². The normalized spacial score (nSPS) is 21.1. The molecule has 1 aliphatic rings. The molecule has 0 amide bonds. The summed E-state index contributed by atoms with van der Waals surface area (Å²) in [5, 5.41) is 5.00. The van der Waals surface area contributed by atoms with Crippen molar-refractivity contribution in [2.24, 2.45) is 11.3 Å². The largest absolute Gasteiger partial charge is 0.315 e. The summed E-state index contributed by atoms with van der Waals surface area (Å²) in [7, 11) is -1.52. The van der Waals surface area contributed by atoms with Gasteiger partial charge in [-0.2, -0.15) is 4.31 Å². The van der Waals surface area contributed by atoms with Crippen LogP contribution in [0.25, 0.3) is 0 Å². The Morgan fingerprint density at radius 2 is 2.10 bits per heavy atom. The number of nitrogens with one attached hydrogen (secondary N) is 1. The van der Waals surface area contributed by atoms with Crippen LogP contribution in [0.2, 0.25) is 0 Å². The van der Waals surface area contributed by atoms with E-state index in [1.54, 1.807) is 4.31 Å². The number of nitrogens with zero attached hydrogens (tertiary/aromatic N) is 1. The van der Waals surface area contributed by atoms with E-state index in [4.69, 9.17) is 0 Å². The second-order valence-electron chi connectivity index (χ2n) is 6.92. The van der Waals surface area contributed by atoms with Gasteiger partial charge < -0.3 is 5.32 Å². The molecule has 0 aliphatic carbocycles. The molecule has 1 atom stereocenters. The first kappa shape index (κ1) is 16.9. The molecule has 1 aliphatic heterocycles. The summed E-state index contributed by atoms with van der Waals surface area (Å²) >= 11 is 1.52. The standard InChI is InChI=1S/C15H26N2O2S2/c1-11-10-20-13(8-16-5)14(11)21(18,19)17-7-6-12(9-17)15(2,3)4/h10,12,16H,6-9H2,1-5H3. The van der Waals surface area contributed by atoms with Gasteiger partial charge in [0.15, 0.2) is 0 Å². The van der Waals surface area contributed by atoms with E-state index < -0.39 is 10.0 Å². The summed E-state index contributed by atoms with van der Waals surface area (Å²) in [5.74, 6) is 0.430. The van der Waals surface area contributed by atoms with Crippen molar-refractivity contribution in [1.82, 2.24) is 9.62 Å². The maximum Gasteiger partial charge on any atom is 0.244 e. The molecule has 21 heavy (non-hydrogen) atoms. The Balaban J connectivity index is 2.30. The van der Waals surface area contributed by atoms with E-state index in [-0.39, 0.29) is 5.41 Å². The molecule has 1 aromatic rings. The number of rotatable bonds is 4. The third kappa shape index (κ3) is 3.33. The van der Waals surface area contributed by atoms with Gasteiger partial charge in [-0.3, -0.25) is 0 Å². The van der Waals surface area contributed by atoms with Gasteiger partial charge in [-0.05, 0) is 42.7 Å². The van der Waals surface area contributed by atoms with E-state index in [0.29, 0.717) is 30.4 Å². The Morgan fingerprint density at radius 3 is 2.62 bits per heavy atom. The van der Waals surface area contributed by atoms with E-state index in [1.807, 2.05) is 19.4 Å². The molecule has 1 aromatic heterocycles. The minimum absolute atomic E-state index is 0.155. The van der Waals surface area contributed by atoms with Gasteiger partial charge >= 0.3 is 0 Å². The predicted molar refractivity (Wildman–Crippen MR) is 88.1 cm³/mol. The molecule has 6 heteroatoms. The summed E-state index contributed by atoms with van der Waals surface area (Å²) in [6.45, 7) is 10.3. The summed E-state index contributed by atoms with van der Waals surface area (Å²) < 4.78 is 27.7. The van der Waals surface area contributed by atoms with E-state index in [2.05, 4.69) is 26.1 Å². The van der Waals surface area contributed by atoms with Crippen molar-refractivity contribution in [3.8, 4) is 0 Å². The highest BCUT2D eigenvalue weighted by molar-refractivity contribution is 7.89. The molecule has 1 unspecified atom stereocenters. The number of thiophene rings is 1. The van der Waals surface area contributed by atoms with Crippen LogP contribution < -0.4 is 5.32 Å². The molecule has 4 nitrogen and oxygen atoms in total. The van der Waals surface area contributed by atoms with Crippen LogP contribution in [0.1, 0.15) is 37.6 Å². The quantitative estimate of drug-likeness (QED) is 0.923. The molecule has 2 heterocycles. The molecule has 0 saturated carbocycles. The van der Waals surface area contributed by atoms with Crippen LogP contribution in [0.3, 0.4) is 0 Å². The molecule has 0 aromatic carbocycles. The zero-order valence-electron chi connectivity index (χ0n) is 13.6. The second-order valence-corrected chi connectivity index (χ2v) is 9.76. The highest BCUT2D eigenvalue weighted by atomic mass is 32.2. The van der Waals surface area contributed by atoms with Gasteiger partial charge in [0.05, 0.1) is 0 Å². The van der Waals surface area contributed by atoms with Gasteiger partial charge in [-0.1, -0.05) is 20.8 Å². The van der Waals surface area contributed by atoms with Gasteiger partial charge in [-0.15, -0.1) is 11.3 Å². The first-order chi connectivity index (χ1) is 9.67. The lowest BCUT2D eigenvalue weighted by Gasteiger charge is -2.27.